The number of halogens is 1. The molecule has 1 aromatic rings. The van der Waals surface area contributed by atoms with Gasteiger partial charge in [-0.25, -0.2) is 0 Å². The number of benzene rings is 1. The van der Waals surface area contributed by atoms with Crippen molar-refractivity contribution in [3.05, 3.63) is 35.9 Å². The Bertz CT molecular complexity index is 465. The van der Waals surface area contributed by atoms with E-state index in [4.69, 9.17) is 5.73 Å². The molecule has 1 unspecified atom stereocenters. The maximum absolute atomic E-state index is 12.1. The van der Waals surface area contributed by atoms with E-state index < -0.39 is 12.1 Å². The number of likely N-dealkylation sites (tertiary alicyclic amines) is 1. The molecule has 3 N–H and O–H groups in total. The highest BCUT2D eigenvalue weighted by Crippen LogP contribution is 2.15. The molecule has 1 aromatic carbocycles. The van der Waals surface area contributed by atoms with Crippen molar-refractivity contribution >= 4 is 24.2 Å². The number of amides is 2. The van der Waals surface area contributed by atoms with E-state index >= 15 is 0 Å². The number of hydrogen-bond acceptors (Lipinski definition) is 3. The molecule has 0 aromatic heterocycles. The maximum Gasteiger partial charge on any atom is 0.245 e. The van der Waals surface area contributed by atoms with Gasteiger partial charge in [0.1, 0.15) is 6.04 Å². The number of nitrogens with one attached hydrogen (secondary N) is 1. The highest BCUT2D eigenvalue weighted by atomic mass is 35.5. The number of rotatable bonds is 4. The van der Waals surface area contributed by atoms with Gasteiger partial charge in [0.05, 0.1) is 6.04 Å². The van der Waals surface area contributed by atoms with E-state index in [0.29, 0.717) is 19.5 Å². The second-order valence-electron chi connectivity index (χ2n) is 4.88. The quantitative estimate of drug-likeness (QED) is 0.858. The molecule has 110 valence electrons. The van der Waals surface area contributed by atoms with Gasteiger partial charge in [-0.15, -0.1) is 12.4 Å². The van der Waals surface area contributed by atoms with Crippen LogP contribution >= 0.6 is 12.4 Å². The normalized spacial score (nSPS) is 19.4. The van der Waals surface area contributed by atoms with E-state index in [9.17, 15) is 9.59 Å². The van der Waals surface area contributed by atoms with E-state index in [2.05, 4.69) is 5.32 Å². The molecule has 5 nitrogen and oxygen atoms in total. The standard InChI is InChI=1S/C14H19N3O2.ClH/c1-10(15)13(18)16-12-7-8-17(14(12)19)9-11-5-3-2-4-6-11;/h2-6,10,12H,7-9,15H2,1H3,(H,16,18);1H/t10-,12?;/m0./s1. The van der Waals surface area contributed by atoms with Gasteiger partial charge in [-0.1, -0.05) is 30.3 Å². The van der Waals surface area contributed by atoms with E-state index in [1.54, 1.807) is 11.8 Å². The molecule has 6 heteroatoms. The Morgan fingerprint density at radius 3 is 2.70 bits per heavy atom. The number of nitrogens with two attached hydrogens (primary N) is 1. The Kier molecular flexibility index (Phi) is 5.98. The summed E-state index contributed by atoms with van der Waals surface area (Å²) < 4.78 is 0. The van der Waals surface area contributed by atoms with Crippen LogP contribution in [0.4, 0.5) is 0 Å². The number of nitrogens with zero attached hydrogens (tertiary/aromatic N) is 1. The van der Waals surface area contributed by atoms with Gasteiger partial charge in [0.2, 0.25) is 11.8 Å². The second kappa shape index (κ2) is 7.26. The van der Waals surface area contributed by atoms with Gasteiger partial charge in [-0.2, -0.15) is 0 Å². The van der Waals surface area contributed by atoms with Crippen molar-refractivity contribution in [1.82, 2.24) is 10.2 Å². The highest BCUT2D eigenvalue weighted by Gasteiger charge is 2.32. The van der Waals surface area contributed by atoms with Crippen molar-refractivity contribution in [2.45, 2.75) is 32.0 Å². The smallest absolute Gasteiger partial charge is 0.245 e. The molecular weight excluding hydrogens is 278 g/mol. The number of carbonyl (C=O) groups excluding carboxylic acids is 2. The summed E-state index contributed by atoms with van der Waals surface area (Å²) in [6.07, 6.45) is 0.643. The van der Waals surface area contributed by atoms with E-state index in [-0.39, 0.29) is 24.2 Å². The summed E-state index contributed by atoms with van der Waals surface area (Å²) in [7, 11) is 0. The van der Waals surface area contributed by atoms with Gasteiger partial charge in [-0.3, -0.25) is 9.59 Å². The molecule has 20 heavy (non-hydrogen) atoms. The van der Waals surface area contributed by atoms with Gasteiger partial charge < -0.3 is 16.0 Å². The van der Waals surface area contributed by atoms with E-state index in [1.165, 1.54) is 0 Å². The molecule has 2 amide bonds. The Labute approximate surface area is 124 Å². The minimum atomic E-state index is -0.587. The lowest BCUT2D eigenvalue weighted by molar-refractivity contribution is -0.133. The summed E-state index contributed by atoms with van der Waals surface area (Å²) in [5.74, 6) is -0.308. The van der Waals surface area contributed by atoms with Gasteiger partial charge in [0.15, 0.2) is 0 Å². The van der Waals surface area contributed by atoms with Crippen LogP contribution in [0.25, 0.3) is 0 Å². The Morgan fingerprint density at radius 1 is 1.45 bits per heavy atom. The van der Waals surface area contributed by atoms with Crippen molar-refractivity contribution in [3.8, 4) is 0 Å². The van der Waals surface area contributed by atoms with Crippen molar-refractivity contribution in [2.24, 2.45) is 5.73 Å². The Balaban J connectivity index is 0.00000200. The number of carbonyl (C=O) groups is 2. The van der Waals surface area contributed by atoms with Gasteiger partial charge in [-0.05, 0) is 18.9 Å². The summed E-state index contributed by atoms with van der Waals surface area (Å²) in [5, 5.41) is 2.69. The van der Waals surface area contributed by atoms with Crippen LogP contribution < -0.4 is 11.1 Å². The fourth-order valence-electron chi connectivity index (χ4n) is 2.14. The van der Waals surface area contributed by atoms with Crippen molar-refractivity contribution < 1.29 is 9.59 Å². The third-order valence-corrected chi connectivity index (χ3v) is 3.24. The molecule has 2 rings (SSSR count). The predicted octanol–water partition coefficient (Wildman–Crippen LogP) is 0.673. The van der Waals surface area contributed by atoms with Crippen LogP contribution in [-0.2, 0) is 16.1 Å². The van der Waals surface area contributed by atoms with Crippen LogP contribution in [0.2, 0.25) is 0 Å². The second-order valence-corrected chi connectivity index (χ2v) is 4.88. The molecule has 0 radical (unpaired) electrons. The van der Waals surface area contributed by atoms with Crippen LogP contribution in [0.1, 0.15) is 18.9 Å². The van der Waals surface area contributed by atoms with Crippen LogP contribution in [0, 0.1) is 0 Å². The third kappa shape index (κ3) is 3.95. The first-order valence-electron chi connectivity index (χ1n) is 6.46. The van der Waals surface area contributed by atoms with Crippen molar-refractivity contribution in [2.75, 3.05) is 6.54 Å². The fraction of sp³-hybridized carbons (Fsp3) is 0.429. The lowest BCUT2D eigenvalue weighted by Gasteiger charge is -2.17. The van der Waals surface area contributed by atoms with E-state index in [0.717, 1.165) is 5.56 Å². The molecule has 1 aliphatic heterocycles. The fourth-order valence-corrected chi connectivity index (χ4v) is 2.14. The highest BCUT2D eigenvalue weighted by molar-refractivity contribution is 5.90. The first-order chi connectivity index (χ1) is 9.08. The summed E-state index contributed by atoms with van der Waals surface area (Å²) >= 11 is 0. The molecule has 0 spiro atoms. The summed E-state index contributed by atoms with van der Waals surface area (Å²) in [5.41, 5.74) is 6.57. The Hall–Kier alpha value is -1.59. The SMILES string of the molecule is C[C@H](N)C(=O)NC1CCN(Cc2ccccc2)C1=O.Cl. The molecule has 1 aliphatic rings. The lowest BCUT2D eigenvalue weighted by Crippen LogP contribution is -2.47. The number of hydrogen-bond donors (Lipinski definition) is 2. The molecule has 1 heterocycles. The van der Waals surface area contributed by atoms with Crippen molar-refractivity contribution in [3.63, 3.8) is 0 Å². The van der Waals surface area contributed by atoms with E-state index in [1.807, 2.05) is 30.3 Å². The first kappa shape index (κ1) is 16.5. The van der Waals surface area contributed by atoms with Crippen LogP contribution in [-0.4, -0.2) is 35.3 Å². The summed E-state index contributed by atoms with van der Waals surface area (Å²) in [4.78, 5) is 25.4. The minimum Gasteiger partial charge on any atom is -0.343 e. The molecule has 1 fully saturated rings. The van der Waals surface area contributed by atoms with Crippen LogP contribution in [0.15, 0.2) is 30.3 Å². The molecular formula is C14H20ClN3O2. The molecule has 0 bridgehead atoms. The largest absolute Gasteiger partial charge is 0.343 e. The zero-order chi connectivity index (χ0) is 13.8. The first-order valence-corrected chi connectivity index (χ1v) is 6.46. The Morgan fingerprint density at radius 2 is 2.10 bits per heavy atom. The van der Waals surface area contributed by atoms with Gasteiger partial charge in [0, 0.05) is 13.1 Å². The molecule has 2 atom stereocenters. The third-order valence-electron chi connectivity index (χ3n) is 3.24. The molecule has 0 aliphatic carbocycles. The average molecular weight is 298 g/mol. The summed E-state index contributed by atoms with van der Waals surface area (Å²) in [6.45, 7) is 2.86. The summed E-state index contributed by atoms with van der Waals surface area (Å²) in [6, 6.07) is 8.80. The lowest BCUT2D eigenvalue weighted by atomic mass is 10.2. The van der Waals surface area contributed by atoms with Gasteiger partial charge in [0.25, 0.3) is 0 Å². The predicted molar refractivity (Wildman–Crippen MR) is 79.3 cm³/mol. The monoisotopic (exact) mass is 297 g/mol. The van der Waals surface area contributed by atoms with Gasteiger partial charge >= 0.3 is 0 Å². The van der Waals surface area contributed by atoms with Crippen molar-refractivity contribution in [1.29, 1.82) is 0 Å². The molecule has 1 saturated heterocycles. The zero-order valence-electron chi connectivity index (χ0n) is 11.4. The maximum atomic E-state index is 12.1. The van der Waals surface area contributed by atoms with Crippen LogP contribution in [0.3, 0.4) is 0 Å². The zero-order valence-corrected chi connectivity index (χ0v) is 12.2. The van der Waals surface area contributed by atoms with Crippen LogP contribution in [0.5, 0.6) is 0 Å². The average Bonchev–Trinajstić information content (AvgIpc) is 2.73. The minimum absolute atomic E-state index is 0. The molecule has 0 saturated carbocycles. The topological polar surface area (TPSA) is 75.4 Å².